The molecule has 2 fully saturated rings. The predicted molar refractivity (Wildman–Crippen MR) is 246 cm³/mol. The third-order valence-corrected chi connectivity index (χ3v) is 14.0. The van der Waals surface area contributed by atoms with Gasteiger partial charge in [0.2, 0.25) is 23.6 Å². The van der Waals surface area contributed by atoms with Crippen molar-refractivity contribution in [1.82, 2.24) is 30.4 Å². The van der Waals surface area contributed by atoms with Crippen molar-refractivity contribution in [3.05, 3.63) is 143 Å². The lowest BCUT2D eigenvalue weighted by atomic mass is 10.0. The minimum absolute atomic E-state index is 0.0962. The summed E-state index contributed by atoms with van der Waals surface area (Å²) in [6.07, 6.45) is 9.39. The number of rotatable bonds is 15. The molecule has 4 amide bonds. The van der Waals surface area contributed by atoms with Crippen LogP contribution in [0.5, 0.6) is 0 Å². The van der Waals surface area contributed by atoms with Gasteiger partial charge in [-0.2, -0.15) is 0 Å². The molecule has 4 atom stereocenters. The largest absolute Gasteiger partial charge is 0.341 e. The van der Waals surface area contributed by atoms with E-state index in [9.17, 15) is 19.2 Å². The van der Waals surface area contributed by atoms with E-state index in [1.165, 1.54) is 0 Å². The number of nitrogens with one attached hydrogen (secondary N) is 2. The average Bonchev–Trinajstić information content (AvgIpc) is 4.16. The van der Waals surface area contributed by atoms with Gasteiger partial charge < -0.3 is 20.4 Å². The topological polar surface area (TPSA) is 125 Å². The monoisotopic (exact) mass is 864 g/mol. The van der Waals surface area contributed by atoms with Gasteiger partial charge in [0, 0.05) is 38.3 Å². The summed E-state index contributed by atoms with van der Waals surface area (Å²) in [5.41, 5.74) is 5.88. The minimum Gasteiger partial charge on any atom is -0.341 e. The van der Waals surface area contributed by atoms with E-state index in [4.69, 9.17) is 9.97 Å². The van der Waals surface area contributed by atoms with Gasteiger partial charge in [-0.25, -0.2) is 9.97 Å². The van der Waals surface area contributed by atoms with E-state index in [-0.39, 0.29) is 35.7 Å². The Bertz CT molecular complexity index is 2300. The Morgan fingerprint density at radius 1 is 0.565 bits per heavy atom. The number of thiazole rings is 2. The highest BCUT2D eigenvalue weighted by Crippen LogP contribution is 2.41. The maximum atomic E-state index is 14.1. The zero-order valence-corrected chi connectivity index (χ0v) is 36.8. The number of nitrogens with zero attached hydrogens (tertiary/aromatic N) is 4. The summed E-state index contributed by atoms with van der Waals surface area (Å²) in [4.78, 5) is 69.0. The molecular formula is C50H52N6O4S2. The highest BCUT2D eigenvalue weighted by atomic mass is 32.1. The lowest BCUT2D eigenvalue weighted by Gasteiger charge is -2.28. The minimum atomic E-state index is -0.734. The molecule has 0 unspecified atom stereocenters. The maximum absolute atomic E-state index is 14.1. The van der Waals surface area contributed by atoms with Crippen LogP contribution >= 0.6 is 22.7 Å². The molecule has 0 aliphatic carbocycles. The Kier molecular flexibility index (Phi) is 13.6. The number of hydrogen-bond acceptors (Lipinski definition) is 8. The second kappa shape index (κ2) is 19.8. The zero-order valence-electron chi connectivity index (χ0n) is 35.2. The van der Waals surface area contributed by atoms with E-state index in [0.29, 0.717) is 38.8 Å². The molecule has 4 aromatic carbocycles. The van der Waals surface area contributed by atoms with Gasteiger partial charge >= 0.3 is 0 Å². The van der Waals surface area contributed by atoms with E-state index in [1.807, 2.05) is 96.7 Å². The molecule has 4 heterocycles. The molecule has 2 saturated heterocycles. The fraction of sp³-hybridized carbons (Fsp3) is 0.320. The summed E-state index contributed by atoms with van der Waals surface area (Å²) >= 11 is 3.23. The second-order valence-corrected chi connectivity index (χ2v) is 18.1. The van der Waals surface area contributed by atoms with E-state index in [0.717, 1.165) is 78.8 Å². The molecule has 0 spiro atoms. The average molecular weight is 865 g/mol. The molecule has 0 radical (unpaired) electrons. The van der Waals surface area contributed by atoms with Crippen molar-refractivity contribution in [2.45, 2.75) is 89.4 Å². The van der Waals surface area contributed by atoms with E-state index >= 15 is 0 Å². The number of amides is 4. The predicted octanol–water partition coefficient (Wildman–Crippen LogP) is 10.2. The molecule has 2 N–H and O–H groups in total. The second-order valence-electron chi connectivity index (χ2n) is 16.0. The fourth-order valence-electron chi connectivity index (χ4n) is 8.50. The lowest BCUT2D eigenvalue weighted by molar-refractivity contribution is -0.137. The van der Waals surface area contributed by atoms with Crippen molar-refractivity contribution in [3.8, 4) is 32.0 Å². The number of likely N-dealkylation sites (tertiary alicyclic amines) is 2. The summed E-state index contributed by atoms with van der Waals surface area (Å²) in [6, 6.07) is 34.2. The van der Waals surface area contributed by atoms with Crippen molar-refractivity contribution in [2.75, 3.05) is 13.1 Å². The summed E-state index contributed by atoms with van der Waals surface area (Å²) in [7, 11) is 0. The standard InChI is InChI=1S/C50H52N6O4S2/c1-3-13-43(57)53-45(37-15-7-5-8-16-37)49(59)55-29-11-19-39(55)47-51-31-41(61-47)35-25-21-33(22-26-35)34-23-27-36(28-24-34)42-32-52-48(62-42)40-20-12-30-56(40)50(60)46(54-44(58)14-4-2)38-17-9-6-10-18-38/h5-10,15-18,21-28,31-32,39-40,45-46H,3-4,11-14,19-20,29-30H2,1-2H3,(H,53,57)(H,54,58)/t39-,40-,45+,46+/m0/s1. The van der Waals surface area contributed by atoms with Crippen LogP contribution in [0.25, 0.3) is 32.0 Å². The highest BCUT2D eigenvalue weighted by Gasteiger charge is 2.38. The van der Waals surface area contributed by atoms with Gasteiger partial charge in [0.15, 0.2) is 0 Å². The zero-order chi connectivity index (χ0) is 43.0. The van der Waals surface area contributed by atoms with Gasteiger partial charge in [0.25, 0.3) is 0 Å². The molecule has 2 aliphatic rings. The number of aromatic nitrogens is 2. The quantitative estimate of drug-likeness (QED) is 0.106. The van der Waals surface area contributed by atoms with Gasteiger partial charge in [-0.15, -0.1) is 22.7 Å². The van der Waals surface area contributed by atoms with Gasteiger partial charge in [0.1, 0.15) is 22.1 Å². The Morgan fingerprint density at radius 3 is 1.31 bits per heavy atom. The first-order valence-corrected chi connectivity index (χ1v) is 23.4. The van der Waals surface area contributed by atoms with Crippen LogP contribution in [0.3, 0.4) is 0 Å². The van der Waals surface area contributed by atoms with Gasteiger partial charge in [-0.05, 0) is 71.9 Å². The first-order chi connectivity index (χ1) is 30.3. The first-order valence-electron chi connectivity index (χ1n) is 21.7. The van der Waals surface area contributed by atoms with Crippen LogP contribution in [0.1, 0.15) is 111 Å². The molecule has 62 heavy (non-hydrogen) atoms. The maximum Gasteiger partial charge on any atom is 0.250 e. The SMILES string of the molecule is CCCC(=O)N[C@@H](C(=O)N1CCC[C@H]1c1ncc(-c2ccc(-c3ccc(-c4cnc([C@@H]5CCCN5C(=O)[C@H](NC(=O)CCC)c5ccccc5)s4)cc3)cc2)s1)c1ccccc1. The van der Waals surface area contributed by atoms with Crippen LogP contribution in [0.2, 0.25) is 0 Å². The fourth-order valence-corrected chi connectivity index (χ4v) is 10.6. The van der Waals surface area contributed by atoms with Crippen molar-refractivity contribution < 1.29 is 19.2 Å². The normalized spacial score (nSPS) is 17.1. The Labute approximate surface area is 371 Å². The van der Waals surface area contributed by atoms with Crippen molar-refractivity contribution >= 4 is 46.3 Å². The third kappa shape index (κ3) is 9.56. The van der Waals surface area contributed by atoms with E-state index < -0.39 is 12.1 Å². The molecule has 0 bridgehead atoms. The number of hydrogen-bond donors (Lipinski definition) is 2. The van der Waals surface area contributed by atoms with E-state index in [1.54, 1.807) is 22.7 Å². The first kappa shape index (κ1) is 42.7. The Balaban J connectivity index is 0.924. The summed E-state index contributed by atoms with van der Waals surface area (Å²) in [5, 5.41) is 7.82. The van der Waals surface area contributed by atoms with E-state index in [2.05, 4.69) is 59.2 Å². The molecule has 8 rings (SSSR count). The molecule has 318 valence electrons. The van der Waals surface area contributed by atoms with Crippen LogP contribution in [-0.4, -0.2) is 56.5 Å². The third-order valence-electron chi connectivity index (χ3n) is 11.7. The summed E-state index contributed by atoms with van der Waals surface area (Å²) in [6.45, 7) is 5.16. The molecule has 10 nitrogen and oxygen atoms in total. The molecule has 0 saturated carbocycles. The van der Waals surface area contributed by atoms with Crippen LogP contribution in [0.15, 0.2) is 122 Å². The van der Waals surface area contributed by atoms with Crippen LogP contribution < -0.4 is 10.6 Å². The summed E-state index contributed by atoms with van der Waals surface area (Å²) in [5.74, 6) is -0.439. The Morgan fingerprint density at radius 2 is 0.935 bits per heavy atom. The van der Waals surface area contributed by atoms with Gasteiger partial charge in [0.05, 0.1) is 21.8 Å². The van der Waals surface area contributed by atoms with Crippen LogP contribution in [0.4, 0.5) is 0 Å². The van der Waals surface area contributed by atoms with Crippen molar-refractivity contribution in [3.63, 3.8) is 0 Å². The van der Waals surface area contributed by atoms with Crippen molar-refractivity contribution in [2.24, 2.45) is 0 Å². The van der Waals surface area contributed by atoms with Gasteiger partial charge in [-0.1, -0.05) is 123 Å². The number of carbonyl (C=O) groups is 4. The molecule has 2 aliphatic heterocycles. The lowest BCUT2D eigenvalue weighted by Crippen LogP contribution is -2.42. The van der Waals surface area contributed by atoms with Crippen LogP contribution in [-0.2, 0) is 19.2 Å². The van der Waals surface area contributed by atoms with Crippen LogP contribution in [0, 0.1) is 0 Å². The van der Waals surface area contributed by atoms with Gasteiger partial charge in [-0.3, -0.25) is 19.2 Å². The molecule has 2 aromatic heterocycles. The smallest absolute Gasteiger partial charge is 0.250 e. The van der Waals surface area contributed by atoms with Crippen molar-refractivity contribution in [1.29, 1.82) is 0 Å². The molecule has 12 heteroatoms. The molecular weight excluding hydrogens is 813 g/mol. The number of benzene rings is 4. The summed E-state index contributed by atoms with van der Waals surface area (Å²) < 4.78 is 0. The number of carbonyl (C=O) groups excluding carboxylic acids is 4. The Hall–Kier alpha value is -5.98. The highest BCUT2D eigenvalue weighted by molar-refractivity contribution is 7.15. The molecule has 6 aromatic rings.